The van der Waals surface area contributed by atoms with E-state index in [1.807, 2.05) is 11.3 Å². The molecule has 3 nitrogen and oxygen atoms in total. The van der Waals surface area contributed by atoms with Gasteiger partial charge in [0.05, 0.1) is 0 Å². The van der Waals surface area contributed by atoms with Crippen LogP contribution in [0.25, 0.3) is 108 Å². The molecule has 0 bridgehead atoms. The maximum Gasteiger partial charge on any atom is 0.165 e. The molecule has 1 aliphatic carbocycles. The number of benzene rings is 8. The average molecular weight is 790 g/mol. The first-order valence-electron chi connectivity index (χ1n) is 20.0. The van der Waals surface area contributed by atoms with Gasteiger partial charge in [0.1, 0.15) is 0 Å². The molecule has 0 aliphatic heterocycles. The number of aromatic nitrogens is 3. The summed E-state index contributed by atoms with van der Waals surface area (Å²) in [6.45, 7) is 4.63. The number of thiophene rings is 2. The van der Waals surface area contributed by atoms with Crippen LogP contribution in [0.15, 0.2) is 176 Å². The van der Waals surface area contributed by atoms with E-state index < -0.39 is 0 Å². The molecule has 11 aromatic rings. The molecule has 8 aromatic carbocycles. The minimum atomic E-state index is -0.136. The summed E-state index contributed by atoms with van der Waals surface area (Å²) in [6, 6.07) is 63.4. The van der Waals surface area contributed by atoms with Crippen molar-refractivity contribution in [1.29, 1.82) is 0 Å². The lowest BCUT2D eigenvalue weighted by molar-refractivity contribution is 0.660. The number of hydrogen-bond acceptors (Lipinski definition) is 5. The maximum absolute atomic E-state index is 5.33. The minimum absolute atomic E-state index is 0.136. The first-order valence-corrected chi connectivity index (χ1v) is 21.6. The van der Waals surface area contributed by atoms with Gasteiger partial charge >= 0.3 is 0 Å². The van der Waals surface area contributed by atoms with E-state index in [1.54, 1.807) is 11.3 Å². The Balaban J connectivity index is 0.970. The standard InChI is InChI=1S/C54H35N3S2/c1-54(2)44-20-6-3-14-41(44)48-42(18-11-21-45(48)54)52-55-51(56-53(57-52)43-19-10-17-40-38-13-5-8-23-47(38)59-50(40)43)35-30-26-33(27-31-35)32-24-28-34(29-25-32)36-15-9-16-39-37-12-4-7-22-46(37)58-49(36)39/h3-31H,1-2H3. The van der Waals surface area contributed by atoms with Gasteiger partial charge in [0.2, 0.25) is 0 Å². The van der Waals surface area contributed by atoms with E-state index in [-0.39, 0.29) is 5.41 Å². The molecule has 0 spiro atoms. The third-order valence-electron chi connectivity index (χ3n) is 12.2. The van der Waals surface area contributed by atoms with Crippen molar-refractivity contribution in [2.45, 2.75) is 19.3 Å². The van der Waals surface area contributed by atoms with Crippen LogP contribution in [0, 0.1) is 0 Å². The summed E-state index contributed by atoms with van der Waals surface area (Å²) in [5.74, 6) is 2.02. The molecule has 0 saturated heterocycles. The van der Waals surface area contributed by atoms with Crippen LogP contribution in [-0.2, 0) is 5.41 Å². The molecule has 5 heteroatoms. The van der Waals surface area contributed by atoms with Crippen molar-refractivity contribution in [2.75, 3.05) is 0 Å². The van der Waals surface area contributed by atoms with Crippen LogP contribution in [0.2, 0.25) is 0 Å². The Bertz CT molecular complexity index is 3460. The lowest BCUT2D eigenvalue weighted by atomic mass is 9.82. The highest BCUT2D eigenvalue weighted by Gasteiger charge is 2.37. The van der Waals surface area contributed by atoms with E-state index in [9.17, 15) is 0 Å². The summed E-state index contributed by atoms with van der Waals surface area (Å²) < 4.78 is 5.09. The summed E-state index contributed by atoms with van der Waals surface area (Å²) in [7, 11) is 0. The van der Waals surface area contributed by atoms with Gasteiger partial charge in [-0.25, -0.2) is 15.0 Å². The Morgan fingerprint density at radius 1 is 0.339 bits per heavy atom. The van der Waals surface area contributed by atoms with Crippen LogP contribution < -0.4 is 0 Å². The van der Waals surface area contributed by atoms with Gasteiger partial charge in [-0.05, 0) is 62.7 Å². The SMILES string of the molecule is CC1(C)c2ccccc2-c2c(-c3nc(-c4ccc(-c5ccc(-c6cccc7c6sc6ccccc67)cc5)cc4)nc(-c4cccc5c4sc4ccccc45)n3)cccc21. The molecule has 0 atom stereocenters. The zero-order chi connectivity index (χ0) is 39.2. The monoisotopic (exact) mass is 789 g/mol. The molecular formula is C54H35N3S2. The van der Waals surface area contributed by atoms with Gasteiger partial charge in [-0.15, -0.1) is 22.7 Å². The van der Waals surface area contributed by atoms with Crippen molar-refractivity contribution in [1.82, 2.24) is 15.0 Å². The molecule has 0 amide bonds. The van der Waals surface area contributed by atoms with Crippen LogP contribution in [-0.4, -0.2) is 15.0 Å². The second-order valence-electron chi connectivity index (χ2n) is 15.9. The fraction of sp³-hybridized carbons (Fsp3) is 0.0556. The van der Waals surface area contributed by atoms with Crippen LogP contribution >= 0.6 is 22.7 Å². The van der Waals surface area contributed by atoms with E-state index in [2.05, 4.69) is 190 Å². The van der Waals surface area contributed by atoms with Crippen LogP contribution in [0.1, 0.15) is 25.0 Å². The quantitative estimate of drug-likeness (QED) is 0.174. The summed E-state index contributed by atoms with van der Waals surface area (Å²) in [4.78, 5) is 15.9. The van der Waals surface area contributed by atoms with Crippen molar-refractivity contribution >= 4 is 63.0 Å². The molecular weight excluding hydrogens is 755 g/mol. The summed E-state index contributed by atoms with van der Waals surface area (Å²) in [6.07, 6.45) is 0. The van der Waals surface area contributed by atoms with Gasteiger partial charge in [-0.1, -0.05) is 172 Å². The molecule has 0 unspecified atom stereocenters. The average Bonchev–Trinajstić information content (AvgIpc) is 3.94. The number of hydrogen-bond donors (Lipinski definition) is 0. The van der Waals surface area contributed by atoms with Crippen molar-refractivity contribution in [2.24, 2.45) is 0 Å². The third kappa shape index (κ3) is 5.35. The maximum atomic E-state index is 5.33. The molecule has 1 aliphatic rings. The van der Waals surface area contributed by atoms with E-state index in [0.29, 0.717) is 17.5 Å². The lowest BCUT2D eigenvalue weighted by Gasteiger charge is -2.21. The van der Waals surface area contributed by atoms with Gasteiger partial charge in [0.25, 0.3) is 0 Å². The van der Waals surface area contributed by atoms with E-state index in [0.717, 1.165) is 22.3 Å². The first kappa shape index (κ1) is 34.3. The van der Waals surface area contributed by atoms with Gasteiger partial charge < -0.3 is 0 Å². The van der Waals surface area contributed by atoms with Gasteiger partial charge in [0, 0.05) is 62.4 Å². The molecule has 0 fully saturated rings. The largest absolute Gasteiger partial charge is 0.208 e. The topological polar surface area (TPSA) is 38.7 Å². The lowest BCUT2D eigenvalue weighted by Crippen LogP contribution is -2.14. The molecule has 3 heterocycles. The Kier molecular flexibility index (Phi) is 7.62. The minimum Gasteiger partial charge on any atom is -0.208 e. The molecule has 0 saturated carbocycles. The molecule has 0 N–H and O–H groups in total. The Morgan fingerprint density at radius 3 is 1.46 bits per heavy atom. The Hall–Kier alpha value is -6.79. The van der Waals surface area contributed by atoms with Crippen molar-refractivity contribution < 1.29 is 0 Å². The summed E-state index contributed by atoms with van der Waals surface area (Å²) >= 11 is 3.67. The van der Waals surface area contributed by atoms with E-state index in [1.165, 1.54) is 79.3 Å². The normalized spacial score (nSPS) is 13.1. The second-order valence-corrected chi connectivity index (χ2v) is 18.0. The fourth-order valence-electron chi connectivity index (χ4n) is 9.24. The van der Waals surface area contributed by atoms with Gasteiger partial charge in [-0.2, -0.15) is 0 Å². The highest BCUT2D eigenvalue weighted by Crippen LogP contribution is 2.52. The van der Waals surface area contributed by atoms with Crippen LogP contribution in [0.4, 0.5) is 0 Å². The smallest absolute Gasteiger partial charge is 0.165 e. The Morgan fingerprint density at radius 2 is 0.780 bits per heavy atom. The fourth-order valence-corrected chi connectivity index (χ4v) is 11.7. The first-order chi connectivity index (χ1) is 29.0. The molecule has 12 rings (SSSR count). The summed E-state index contributed by atoms with van der Waals surface area (Å²) in [5, 5.41) is 5.11. The van der Waals surface area contributed by atoms with E-state index >= 15 is 0 Å². The highest BCUT2D eigenvalue weighted by molar-refractivity contribution is 7.26. The molecule has 59 heavy (non-hydrogen) atoms. The number of rotatable bonds is 5. The molecule has 0 radical (unpaired) electrons. The van der Waals surface area contributed by atoms with Gasteiger partial charge in [0.15, 0.2) is 17.5 Å². The van der Waals surface area contributed by atoms with Crippen molar-refractivity contribution in [3.05, 3.63) is 187 Å². The van der Waals surface area contributed by atoms with Crippen molar-refractivity contribution in [3.63, 3.8) is 0 Å². The predicted molar refractivity (Wildman–Crippen MR) is 250 cm³/mol. The van der Waals surface area contributed by atoms with Crippen LogP contribution in [0.3, 0.4) is 0 Å². The van der Waals surface area contributed by atoms with E-state index in [4.69, 9.17) is 15.0 Å². The number of fused-ring (bicyclic) bond motifs is 9. The second kappa shape index (κ2) is 13.1. The van der Waals surface area contributed by atoms with Crippen molar-refractivity contribution in [3.8, 4) is 67.5 Å². The molecule has 278 valence electrons. The van der Waals surface area contributed by atoms with Crippen LogP contribution in [0.5, 0.6) is 0 Å². The zero-order valence-electron chi connectivity index (χ0n) is 32.4. The Labute approximate surface area is 350 Å². The highest BCUT2D eigenvalue weighted by atomic mass is 32.1. The number of nitrogens with zero attached hydrogens (tertiary/aromatic N) is 3. The summed E-state index contributed by atoms with van der Waals surface area (Å²) in [5.41, 5.74) is 12.7. The van der Waals surface area contributed by atoms with Gasteiger partial charge in [-0.3, -0.25) is 0 Å². The third-order valence-corrected chi connectivity index (χ3v) is 14.6. The molecule has 3 aromatic heterocycles. The predicted octanol–water partition coefficient (Wildman–Crippen LogP) is 15.2. The zero-order valence-corrected chi connectivity index (χ0v) is 34.0.